The Kier molecular flexibility index (Phi) is 5.99. The number of nitrogens with one attached hydrogen (secondary N) is 1. The fourth-order valence-corrected chi connectivity index (χ4v) is 4.30. The maximum atomic E-state index is 12.9. The van der Waals surface area contributed by atoms with Crippen LogP contribution in [0.15, 0.2) is 30.5 Å². The lowest BCUT2D eigenvalue weighted by atomic mass is 9.66. The van der Waals surface area contributed by atoms with Gasteiger partial charge in [-0.2, -0.15) is 0 Å². The minimum Gasteiger partial charge on any atom is -0.385 e. The fourth-order valence-electron chi connectivity index (χ4n) is 4.30. The summed E-state index contributed by atoms with van der Waals surface area (Å²) in [5, 5.41) is 4.32. The highest BCUT2D eigenvalue weighted by molar-refractivity contribution is 5.97. The minimum absolute atomic E-state index is 0.141. The molecule has 1 amide bonds. The number of aromatic nitrogens is 1. The Balaban J connectivity index is 1.40. The van der Waals surface area contributed by atoms with Crippen LogP contribution in [-0.4, -0.2) is 61.9 Å². The predicted octanol–water partition coefficient (Wildman–Crippen LogP) is 3.12. The van der Waals surface area contributed by atoms with Crippen LogP contribution in [0.5, 0.6) is 0 Å². The second-order valence-electron chi connectivity index (χ2n) is 8.07. The molecule has 1 aromatic carbocycles. The molecule has 6 heteroatoms. The summed E-state index contributed by atoms with van der Waals surface area (Å²) in [6, 6.07) is 8.36. The highest BCUT2D eigenvalue weighted by atomic mass is 16.5. The first-order valence-electron chi connectivity index (χ1n) is 10.4. The number of hydrogen-bond acceptors (Lipinski definition) is 4. The SMILES string of the molecule is COCCC1(C(=O)Nc2ccc3c(ccn3CCN3CCOCC3)c2)CCC1. The van der Waals surface area contributed by atoms with Crippen molar-refractivity contribution in [2.24, 2.45) is 5.41 Å². The van der Waals surface area contributed by atoms with E-state index in [1.165, 1.54) is 10.9 Å². The van der Waals surface area contributed by atoms with E-state index in [1.54, 1.807) is 7.11 Å². The first-order chi connectivity index (χ1) is 13.7. The number of fused-ring (bicyclic) bond motifs is 1. The predicted molar refractivity (Wildman–Crippen MR) is 111 cm³/mol. The van der Waals surface area contributed by atoms with Crippen LogP contribution in [-0.2, 0) is 20.8 Å². The van der Waals surface area contributed by atoms with Crippen molar-refractivity contribution in [2.45, 2.75) is 32.2 Å². The second kappa shape index (κ2) is 8.64. The number of methoxy groups -OCH3 is 1. The molecule has 2 fully saturated rings. The van der Waals surface area contributed by atoms with Gasteiger partial charge in [-0.05, 0) is 43.5 Å². The second-order valence-corrected chi connectivity index (χ2v) is 8.07. The minimum atomic E-state index is -0.241. The number of carbonyl (C=O) groups excluding carboxylic acids is 1. The molecule has 2 aromatic rings. The lowest BCUT2D eigenvalue weighted by Crippen LogP contribution is -2.42. The topological polar surface area (TPSA) is 55.7 Å². The largest absolute Gasteiger partial charge is 0.385 e. The lowest BCUT2D eigenvalue weighted by molar-refractivity contribution is -0.131. The number of hydrogen-bond donors (Lipinski definition) is 1. The van der Waals surface area contributed by atoms with Crippen LogP contribution in [0.3, 0.4) is 0 Å². The average molecular weight is 386 g/mol. The fraction of sp³-hybridized carbons (Fsp3) is 0.591. The molecular formula is C22H31N3O3. The summed E-state index contributed by atoms with van der Waals surface area (Å²) in [5.41, 5.74) is 1.85. The quantitative estimate of drug-likeness (QED) is 0.759. The van der Waals surface area contributed by atoms with Crippen LogP contribution < -0.4 is 5.32 Å². The van der Waals surface area contributed by atoms with Crippen LogP contribution in [0.2, 0.25) is 0 Å². The van der Waals surface area contributed by atoms with Gasteiger partial charge >= 0.3 is 0 Å². The van der Waals surface area contributed by atoms with Crippen molar-refractivity contribution in [3.8, 4) is 0 Å². The smallest absolute Gasteiger partial charge is 0.230 e. The van der Waals surface area contributed by atoms with E-state index in [0.29, 0.717) is 6.61 Å². The molecule has 1 aliphatic heterocycles. The van der Waals surface area contributed by atoms with Gasteiger partial charge in [-0.1, -0.05) is 6.42 Å². The molecular weight excluding hydrogens is 354 g/mol. The van der Waals surface area contributed by atoms with Gasteiger partial charge < -0.3 is 19.4 Å². The molecule has 6 nitrogen and oxygen atoms in total. The number of carbonyl (C=O) groups is 1. The Morgan fingerprint density at radius 1 is 1.21 bits per heavy atom. The molecule has 1 N–H and O–H groups in total. The normalized spacial score (nSPS) is 19.5. The van der Waals surface area contributed by atoms with Crippen molar-refractivity contribution in [1.29, 1.82) is 0 Å². The van der Waals surface area contributed by atoms with Crippen molar-refractivity contribution in [3.05, 3.63) is 30.5 Å². The molecule has 0 radical (unpaired) electrons. The maximum Gasteiger partial charge on any atom is 0.230 e. The van der Waals surface area contributed by atoms with Gasteiger partial charge in [0, 0.05) is 62.7 Å². The third-order valence-electron chi connectivity index (χ3n) is 6.37. The first kappa shape index (κ1) is 19.4. The van der Waals surface area contributed by atoms with E-state index in [9.17, 15) is 4.79 Å². The van der Waals surface area contributed by atoms with Gasteiger partial charge in [0.25, 0.3) is 0 Å². The van der Waals surface area contributed by atoms with Crippen molar-refractivity contribution >= 4 is 22.5 Å². The summed E-state index contributed by atoms with van der Waals surface area (Å²) in [7, 11) is 1.70. The number of benzene rings is 1. The van der Waals surface area contributed by atoms with Crippen LogP contribution in [0.4, 0.5) is 5.69 Å². The summed E-state index contributed by atoms with van der Waals surface area (Å²) in [5.74, 6) is 0.141. The number of nitrogens with zero attached hydrogens (tertiary/aromatic N) is 2. The van der Waals surface area contributed by atoms with Crippen LogP contribution in [0.25, 0.3) is 10.9 Å². The zero-order valence-electron chi connectivity index (χ0n) is 16.8. The summed E-state index contributed by atoms with van der Waals surface area (Å²) < 4.78 is 12.9. The van der Waals surface area contributed by atoms with Gasteiger partial charge in [0.2, 0.25) is 5.91 Å². The van der Waals surface area contributed by atoms with E-state index in [0.717, 1.165) is 70.8 Å². The van der Waals surface area contributed by atoms with Crippen molar-refractivity contribution in [3.63, 3.8) is 0 Å². The third-order valence-corrected chi connectivity index (χ3v) is 6.37. The highest BCUT2D eigenvalue weighted by Gasteiger charge is 2.43. The standard InChI is InChI=1S/C22H31N3O3/c1-27-14-8-22(6-2-7-22)21(26)23-19-3-4-20-18(17-19)5-9-25(20)11-10-24-12-15-28-16-13-24/h3-5,9,17H,2,6-8,10-16H2,1H3,(H,23,26). The van der Waals surface area contributed by atoms with Gasteiger partial charge in [0.1, 0.15) is 0 Å². The molecule has 0 spiro atoms. The summed E-state index contributed by atoms with van der Waals surface area (Å²) in [4.78, 5) is 15.3. The van der Waals surface area contributed by atoms with Crippen molar-refractivity contribution < 1.29 is 14.3 Å². The van der Waals surface area contributed by atoms with Crippen molar-refractivity contribution in [1.82, 2.24) is 9.47 Å². The number of morpholine rings is 1. The van der Waals surface area contributed by atoms with Crippen LogP contribution in [0.1, 0.15) is 25.7 Å². The Bertz CT molecular complexity index is 806. The highest BCUT2D eigenvalue weighted by Crippen LogP contribution is 2.45. The van der Waals surface area contributed by atoms with Crippen LogP contribution >= 0.6 is 0 Å². The van der Waals surface area contributed by atoms with E-state index in [1.807, 2.05) is 6.07 Å². The number of anilines is 1. The third kappa shape index (κ3) is 4.09. The Labute approximate surface area is 166 Å². The number of ether oxygens (including phenoxy) is 2. The molecule has 1 aromatic heterocycles. The molecule has 1 saturated carbocycles. The summed E-state index contributed by atoms with van der Waals surface area (Å²) in [6.45, 7) is 6.34. The zero-order valence-corrected chi connectivity index (χ0v) is 16.8. The monoisotopic (exact) mass is 385 g/mol. The van der Waals surface area contributed by atoms with Gasteiger partial charge in [-0.25, -0.2) is 0 Å². The summed E-state index contributed by atoms with van der Waals surface area (Å²) in [6.07, 6.45) is 5.99. The molecule has 0 atom stereocenters. The van der Waals surface area contributed by atoms with Crippen LogP contribution in [0, 0.1) is 5.41 Å². The molecule has 4 rings (SSSR count). The van der Waals surface area contributed by atoms with Gasteiger partial charge in [-0.15, -0.1) is 0 Å². The van der Waals surface area contributed by atoms with E-state index in [-0.39, 0.29) is 11.3 Å². The number of amides is 1. The Hall–Kier alpha value is -1.89. The Morgan fingerprint density at radius 3 is 2.75 bits per heavy atom. The van der Waals surface area contributed by atoms with E-state index in [4.69, 9.17) is 9.47 Å². The molecule has 0 bridgehead atoms. The average Bonchev–Trinajstić information content (AvgIpc) is 3.09. The van der Waals surface area contributed by atoms with Crippen molar-refractivity contribution in [2.75, 3.05) is 51.9 Å². The summed E-state index contributed by atoms with van der Waals surface area (Å²) >= 11 is 0. The zero-order chi connectivity index (χ0) is 19.4. The molecule has 152 valence electrons. The molecule has 1 saturated heterocycles. The van der Waals surface area contributed by atoms with E-state index in [2.05, 4.69) is 39.2 Å². The van der Waals surface area contributed by atoms with Gasteiger partial charge in [0.05, 0.1) is 18.6 Å². The Morgan fingerprint density at radius 2 is 2.04 bits per heavy atom. The molecule has 2 heterocycles. The lowest BCUT2D eigenvalue weighted by Gasteiger charge is -2.40. The first-order valence-corrected chi connectivity index (χ1v) is 10.4. The maximum absolute atomic E-state index is 12.9. The molecule has 0 unspecified atom stereocenters. The molecule has 28 heavy (non-hydrogen) atoms. The van der Waals surface area contributed by atoms with E-state index >= 15 is 0 Å². The molecule has 1 aliphatic carbocycles. The number of rotatable bonds is 8. The van der Waals surface area contributed by atoms with Gasteiger partial charge in [0.15, 0.2) is 0 Å². The van der Waals surface area contributed by atoms with Gasteiger partial charge in [-0.3, -0.25) is 9.69 Å². The molecule has 2 aliphatic rings. The van der Waals surface area contributed by atoms with E-state index < -0.39 is 0 Å².